The maximum absolute atomic E-state index is 12.3. The molecule has 0 aliphatic heterocycles. The van der Waals surface area contributed by atoms with E-state index in [0.29, 0.717) is 5.56 Å². The summed E-state index contributed by atoms with van der Waals surface area (Å²) in [4.78, 5) is 6.52. The smallest absolute Gasteiger partial charge is 0.265 e. The number of hydrogen-bond acceptors (Lipinski definition) is 4. The first kappa shape index (κ1) is 14.1. The van der Waals surface area contributed by atoms with Gasteiger partial charge in [0.25, 0.3) is 10.0 Å². The largest absolute Gasteiger partial charge is 0.384 e. The summed E-state index contributed by atoms with van der Waals surface area (Å²) in [5.74, 6) is 5.22. The zero-order valence-corrected chi connectivity index (χ0v) is 11.5. The predicted molar refractivity (Wildman–Crippen MR) is 74.5 cm³/mol. The van der Waals surface area contributed by atoms with Crippen LogP contribution >= 0.6 is 0 Å². The van der Waals surface area contributed by atoms with Crippen LogP contribution in [0.3, 0.4) is 0 Å². The summed E-state index contributed by atoms with van der Waals surface area (Å²) in [5, 5.41) is 8.74. The number of sulfonamides is 1. The highest BCUT2D eigenvalue weighted by molar-refractivity contribution is 7.92. The molecular formula is C13H13N3O3S. The first-order valence-electron chi connectivity index (χ1n) is 5.75. The second kappa shape index (κ2) is 5.77. The van der Waals surface area contributed by atoms with Gasteiger partial charge in [-0.05, 0) is 24.6 Å². The first-order valence-corrected chi connectivity index (χ1v) is 7.24. The van der Waals surface area contributed by atoms with Crippen molar-refractivity contribution < 1.29 is 13.5 Å². The fourth-order valence-electron chi connectivity index (χ4n) is 1.61. The number of nitrogens with zero attached hydrogens (tertiary/aromatic N) is 1. The fourth-order valence-corrected chi connectivity index (χ4v) is 2.74. The van der Waals surface area contributed by atoms with Crippen LogP contribution in [-0.4, -0.2) is 30.1 Å². The van der Waals surface area contributed by atoms with E-state index >= 15 is 0 Å². The topological polar surface area (TPSA) is 95.1 Å². The summed E-state index contributed by atoms with van der Waals surface area (Å²) >= 11 is 0. The van der Waals surface area contributed by atoms with Gasteiger partial charge in [0.1, 0.15) is 11.5 Å². The molecule has 0 spiro atoms. The van der Waals surface area contributed by atoms with Gasteiger partial charge >= 0.3 is 0 Å². The molecule has 0 fully saturated rings. The second-order valence-corrected chi connectivity index (χ2v) is 5.65. The molecule has 6 nitrogen and oxygen atoms in total. The van der Waals surface area contributed by atoms with Crippen LogP contribution in [0, 0.1) is 18.8 Å². The van der Waals surface area contributed by atoms with Crippen LogP contribution in [0.2, 0.25) is 0 Å². The number of hydrogen-bond donors (Lipinski definition) is 3. The van der Waals surface area contributed by atoms with Gasteiger partial charge in [-0.15, -0.1) is 0 Å². The number of nitrogens with one attached hydrogen (secondary N) is 2. The summed E-state index contributed by atoms with van der Waals surface area (Å²) in [6.45, 7) is 1.50. The maximum atomic E-state index is 12.3. The summed E-state index contributed by atoms with van der Waals surface area (Å²) in [6, 6.07) is 4.81. The van der Waals surface area contributed by atoms with Crippen molar-refractivity contribution in [1.82, 2.24) is 9.97 Å². The lowest BCUT2D eigenvalue weighted by molar-refractivity contribution is 0.350. The van der Waals surface area contributed by atoms with Crippen LogP contribution in [-0.2, 0) is 10.0 Å². The van der Waals surface area contributed by atoms with Crippen LogP contribution in [0.1, 0.15) is 11.1 Å². The molecule has 0 saturated carbocycles. The second-order valence-electron chi connectivity index (χ2n) is 4.00. The zero-order valence-electron chi connectivity index (χ0n) is 10.7. The Morgan fingerprint density at radius 1 is 1.45 bits per heavy atom. The lowest BCUT2D eigenvalue weighted by Crippen LogP contribution is -2.15. The van der Waals surface area contributed by atoms with Crippen molar-refractivity contribution in [2.24, 2.45) is 0 Å². The fraction of sp³-hybridized carbons (Fsp3) is 0.154. The molecule has 0 bridgehead atoms. The molecule has 0 radical (unpaired) electrons. The Balaban J connectivity index is 2.45. The van der Waals surface area contributed by atoms with Crippen molar-refractivity contribution >= 4 is 16.0 Å². The van der Waals surface area contributed by atoms with Crippen LogP contribution in [0.15, 0.2) is 35.5 Å². The molecule has 0 saturated heterocycles. The Morgan fingerprint density at radius 3 is 2.90 bits per heavy atom. The Bertz CT molecular complexity index is 756. The molecule has 104 valence electrons. The third-order valence-electron chi connectivity index (χ3n) is 2.46. The van der Waals surface area contributed by atoms with E-state index in [1.165, 1.54) is 18.5 Å². The Kier molecular flexibility index (Phi) is 4.08. The predicted octanol–water partition coefficient (Wildman–Crippen LogP) is 0.863. The minimum absolute atomic E-state index is 0.0421. The molecule has 20 heavy (non-hydrogen) atoms. The molecule has 1 aromatic heterocycles. The number of imidazole rings is 1. The highest BCUT2D eigenvalue weighted by Gasteiger charge is 2.18. The lowest BCUT2D eigenvalue weighted by Gasteiger charge is -2.08. The molecule has 2 aromatic rings. The van der Waals surface area contributed by atoms with E-state index in [4.69, 9.17) is 5.11 Å². The summed E-state index contributed by atoms with van der Waals surface area (Å²) in [5.41, 5.74) is 1.21. The normalized spacial score (nSPS) is 10.7. The van der Waals surface area contributed by atoms with E-state index in [-0.39, 0.29) is 17.5 Å². The van der Waals surface area contributed by atoms with Crippen LogP contribution in [0.5, 0.6) is 0 Å². The Labute approximate surface area is 116 Å². The number of aliphatic hydroxyl groups is 1. The molecule has 0 aliphatic rings. The summed E-state index contributed by atoms with van der Waals surface area (Å²) < 4.78 is 26.9. The van der Waals surface area contributed by atoms with E-state index in [2.05, 4.69) is 26.5 Å². The third kappa shape index (κ3) is 3.17. The molecular weight excluding hydrogens is 278 g/mol. The number of benzene rings is 1. The number of H-pyrrole nitrogens is 1. The first-order chi connectivity index (χ1) is 9.53. The van der Waals surface area contributed by atoms with Crippen molar-refractivity contribution in [1.29, 1.82) is 0 Å². The number of aliphatic hydroxyl groups excluding tert-OH is 1. The zero-order chi connectivity index (χ0) is 14.6. The summed E-state index contributed by atoms with van der Waals surface area (Å²) in [7, 11) is -3.79. The van der Waals surface area contributed by atoms with E-state index < -0.39 is 10.0 Å². The van der Waals surface area contributed by atoms with Crippen molar-refractivity contribution in [3.63, 3.8) is 0 Å². The van der Waals surface area contributed by atoms with Gasteiger partial charge in [-0.3, -0.25) is 0 Å². The molecule has 0 aliphatic carbocycles. The average Bonchev–Trinajstić information content (AvgIpc) is 2.88. The lowest BCUT2D eigenvalue weighted by atomic mass is 10.1. The number of aryl methyl sites for hydroxylation is 1. The quantitative estimate of drug-likeness (QED) is 0.731. The molecule has 1 aromatic carbocycles. The molecule has 0 amide bonds. The van der Waals surface area contributed by atoms with Crippen molar-refractivity contribution in [3.8, 4) is 11.8 Å². The van der Waals surface area contributed by atoms with Crippen LogP contribution < -0.4 is 4.72 Å². The van der Waals surface area contributed by atoms with Gasteiger partial charge in [-0.2, -0.15) is 0 Å². The number of aromatic amines is 1. The van der Waals surface area contributed by atoms with Gasteiger partial charge in [-0.1, -0.05) is 17.9 Å². The monoisotopic (exact) mass is 291 g/mol. The molecule has 0 unspecified atom stereocenters. The molecule has 2 rings (SSSR count). The SMILES string of the molecule is Cc1ccc(S(=O)(=O)Nc2ncc[nH]2)c(C#CCO)c1. The van der Waals surface area contributed by atoms with Gasteiger partial charge in [0, 0.05) is 18.0 Å². The Morgan fingerprint density at radius 2 is 2.25 bits per heavy atom. The van der Waals surface area contributed by atoms with E-state index in [1.807, 2.05) is 6.92 Å². The van der Waals surface area contributed by atoms with E-state index in [0.717, 1.165) is 5.56 Å². The minimum atomic E-state index is -3.79. The van der Waals surface area contributed by atoms with Gasteiger partial charge in [0.15, 0.2) is 0 Å². The maximum Gasteiger partial charge on any atom is 0.265 e. The van der Waals surface area contributed by atoms with Gasteiger partial charge in [0.05, 0.1) is 0 Å². The Hall–Kier alpha value is -2.30. The minimum Gasteiger partial charge on any atom is -0.384 e. The van der Waals surface area contributed by atoms with Gasteiger partial charge < -0.3 is 10.1 Å². The van der Waals surface area contributed by atoms with Gasteiger partial charge in [-0.25, -0.2) is 18.1 Å². The molecule has 7 heteroatoms. The summed E-state index contributed by atoms with van der Waals surface area (Å²) in [6.07, 6.45) is 2.96. The highest BCUT2D eigenvalue weighted by Crippen LogP contribution is 2.18. The molecule has 3 N–H and O–H groups in total. The number of rotatable bonds is 3. The van der Waals surface area contributed by atoms with Crippen molar-refractivity contribution in [2.75, 3.05) is 11.3 Å². The van der Waals surface area contributed by atoms with Crippen LogP contribution in [0.25, 0.3) is 0 Å². The number of aromatic nitrogens is 2. The molecule has 1 heterocycles. The van der Waals surface area contributed by atoms with Crippen LogP contribution in [0.4, 0.5) is 5.95 Å². The molecule has 0 atom stereocenters. The average molecular weight is 291 g/mol. The van der Waals surface area contributed by atoms with E-state index in [1.54, 1.807) is 12.1 Å². The van der Waals surface area contributed by atoms with E-state index in [9.17, 15) is 8.42 Å². The number of anilines is 1. The van der Waals surface area contributed by atoms with Gasteiger partial charge in [0.2, 0.25) is 5.95 Å². The highest BCUT2D eigenvalue weighted by atomic mass is 32.2. The third-order valence-corrected chi connectivity index (χ3v) is 3.85. The van der Waals surface area contributed by atoms with Crippen molar-refractivity contribution in [3.05, 3.63) is 41.7 Å². The van der Waals surface area contributed by atoms with Crippen molar-refractivity contribution in [2.45, 2.75) is 11.8 Å². The standard InChI is InChI=1S/C13H13N3O3S/c1-10-4-5-12(11(9-10)3-2-8-17)20(18,19)16-13-14-6-7-15-13/h4-7,9,17H,8H2,1H3,(H2,14,15,16).